The third-order valence-electron chi connectivity index (χ3n) is 3.01. The van der Waals surface area contributed by atoms with Crippen LogP contribution < -0.4 is 0 Å². The molecule has 0 aliphatic heterocycles. The van der Waals surface area contributed by atoms with Crippen molar-refractivity contribution >= 4 is 22.6 Å². The highest BCUT2D eigenvalue weighted by Crippen LogP contribution is 2.31. The van der Waals surface area contributed by atoms with Gasteiger partial charge in [0.05, 0.1) is 17.5 Å². The van der Waals surface area contributed by atoms with Crippen LogP contribution in [-0.2, 0) is 6.42 Å². The topological polar surface area (TPSA) is 17.8 Å². The Kier molecular flexibility index (Phi) is 4.22. The molecule has 110 valence electrons. The smallest absolute Gasteiger partial charge is 0.325 e. The molecule has 2 aromatic rings. The maximum absolute atomic E-state index is 13.2. The minimum Gasteiger partial charge on any atom is -0.325 e. The zero-order chi connectivity index (χ0) is 14.9. The molecule has 0 saturated heterocycles. The predicted octanol–water partition coefficient (Wildman–Crippen LogP) is 4.47. The molecule has 0 saturated carbocycles. The quantitative estimate of drug-likeness (QED) is 0.602. The highest BCUT2D eigenvalue weighted by atomic mass is 35.5. The molecule has 0 spiro atoms. The van der Waals surface area contributed by atoms with Gasteiger partial charge in [-0.1, -0.05) is 0 Å². The Balaban J connectivity index is 2.50. The second-order valence-electron chi connectivity index (χ2n) is 4.64. The van der Waals surface area contributed by atoms with Crippen LogP contribution in [0.3, 0.4) is 0 Å². The Hall–Kier alpha value is -1.30. The van der Waals surface area contributed by atoms with Gasteiger partial charge in [0.15, 0.2) is 0 Å². The highest BCUT2D eigenvalue weighted by Gasteiger charge is 2.32. The SMILES string of the molecule is CC(CC(F)(F)F)n1c(CCCl)nc2cc(F)ccc21. The van der Waals surface area contributed by atoms with E-state index in [0.29, 0.717) is 23.3 Å². The number of rotatable bonds is 4. The summed E-state index contributed by atoms with van der Waals surface area (Å²) in [4.78, 5) is 4.19. The first-order chi connectivity index (χ1) is 9.31. The van der Waals surface area contributed by atoms with Gasteiger partial charge in [-0.05, 0) is 19.1 Å². The molecule has 1 atom stereocenters. The summed E-state index contributed by atoms with van der Waals surface area (Å²) in [6.45, 7) is 1.47. The van der Waals surface area contributed by atoms with Crippen LogP contribution in [0.15, 0.2) is 18.2 Å². The van der Waals surface area contributed by atoms with Crippen LogP contribution in [0.5, 0.6) is 0 Å². The van der Waals surface area contributed by atoms with Crippen LogP contribution in [0.2, 0.25) is 0 Å². The Morgan fingerprint density at radius 2 is 2.05 bits per heavy atom. The van der Waals surface area contributed by atoms with E-state index in [2.05, 4.69) is 4.98 Å². The van der Waals surface area contributed by atoms with Crippen molar-refractivity contribution in [3.8, 4) is 0 Å². The van der Waals surface area contributed by atoms with E-state index >= 15 is 0 Å². The fourth-order valence-electron chi connectivity index (χ4n) is 2.30. The molecule has 1 aromatic carbocycles. The Bertz CT molecular complexity index is 606. The van der Waals surface area contributed by atoms with Gasteiger partial charge in [-0.25, -0.2) is 9.37 Å². The molecular weight excluding hydrogens is 296 g/mol. The minimum atomic E-state index is -4.27. The van der Waals surface area contributed by atoms with Gasteiger partial charge in [0, 0.05) is 24.4 Å². The zero-order valence-electron chi connectivity index (χ0n) is 10.7. The molecule has 2 rings (SSSR count). The van der Waals surface area contributed by atoms with Gasteiger partial charge in [0.25, 0.3) is 0 Å². The summed E-state index contributed by atoms with van der Waals surface area (Å²) >= 11 is 5.66. The van der Waals surface area contributed by atoms with E-state index in [1.165, 1.54) is 29.7 Å². The first kappa shape index (κ1) is 15.1. The molecule has 0 aliphatic carbocycles. The summed E-state index contributed by atoms with van der Waals surface area (Å²) in [5, 5.41) is 0. The summed E-state index contributed by atoms with van der Waals surface area (Å²) in [6.07, 6.45) is -4.90. The van der Waals surface area contributed by atoms with Gasteiger partial charge in [-0.3, -0.25) is 0 Å². The van der Waals surface area contributed by atoms with Crippen LogP contribution in [0.1, 0.15) is 25.2 Å². The maximum Gasteiger partial charge on any atom is 0.391 e. The number of alkyl halides is 4. The van der Waals surface area contributed by atoms with Crippen molar-refractivity contribution in [2.45, 2.75) is 32.0 Å². The molecule has 20 heavy (non-hydrogen) atoms. The lowest BCUT2D eigenvalue weighted by atomic mass is 10.2. The average molecular weight is 309 g/mol. The van der Waals surface area contributed by atoms with Gasteiger partial charge < -0.3 is 4.57 Å². The average Bonchev–Trinajstić information content (AvgIpc) is 2.64. The summed E-state index contributed by atoms with van der Waals surface area (Å²) in [7, 11) is 0. The van der Waals surface area contributed by atoms with Crippen LogP contribution in [0.25, 0.3) is 11.0 Å². The lowest BCUT2D eigenvalue weighted by Crippen LogP contribution is -2.18. The van der Waals surface area contributed by atoms with Gasteiger partial charge in [-0.15, -0.1) is 11.6 Å². The Morgan fingerprint density at radius 3 is 2.65 bits per heavy atom. The number of halogens is 5. The van der Waals surface area contributed by atoms with E-state index in [1.54, 1.807) is 0 Å². The van der Waals surface area contributed by atoms with Crippen molar-refractivity contribution in [3.63, 3.8) is 0 Å². The van der Waals surface area contributed by atoms with Crippen LogP contribution in [0, 0.1) is 5.82 Å². The van der Waals surface area contributed by atoms with Crippen molar-refractivity contribution < 1.29 is 17.6 Å². The second kappa shape index (κ2) is 5.60. The second-order valence-corrected chi connectivity index (χ2v) is 5.02. The summed E-state index contributed by atoms with van der Waals surface area (Å²) in [5.41, 5.74) is 0.836. The summed E-state index contributed by atoms with van der Waals surface area (Å²) < 4.78 is 52.4. The standard InChI is InChI=1S/C13H13ClF4N2/c1-8(7-13(16,17)18)20-11-3-2-9(15)6-10(11)19-12(20)4-5-14/h2-3,6,8H,4-5,7H2,1H3. The molecule has 0 N–H and O–H groups in total. The van der Waals surface area contributed by atoms with E-state index in [0.717, 1.165) is 0 Å². The maximum atomic E-state index is 13.2. The van der Waals surface area contributed by atoms with Crippen molar-refractivity contribution in [2.24, 2.45) is 0 Å². The van der Waals surface area contributed by atoms with E-state index in [1.807, 2.05) is 0 Å². The fourth-order valence-corrected chi connectivity index (χ4v) is 2.47. The van der Waals surface area contributed by atoms with Gasteiger partial charge >= 0.3 is 6.18 Å². The molecule has 0 fully saturated rings. The number of hydrogen-bond donors (Lipinski definition) is 0. The number of hydrogen-bond acceptors (Lipinski definition) is 1. The van der Waals surface area contributed by atoms with Crippen molar-refractivity contribution in [2.75, 3.05) is 5.88 Å². The van der Waals surface area contributed by atoms with Gasteiger partial charge in [-0.2, -0.15) is 13.2 Å². The molecule has 0 aliphatic rings. The molecule has 0 amide bonds. The number of aromatic nitrogens is 2. The minimum absolute atomic E-state index is 0.241. The number of aryl methyl sites for hydroxylation is 1. The van der Waals surface area contributed by atoms with Crippen molar-refractivity contribution in [1.82, 2.24) is 9.55 Å². The first-order valence-corrected chi connectivity index (χ1v) is 6.64. The third kappa shape index (κ3) is 3.23. The zero-order valence-corrected chi connectivity index (χ0v) is 11.5. The third-order valence-corrected chi connectivity index (χ3v) is 3.20. The van der Waals surface area contributed by atoms with Crippen molar-refractivity contribution in [3.05, 3.63) is 29.8 Å². The Morgan fingerprint density at radius 1 is 1.35 bits per heavy atom. The number of fused-ring (bicyclic) bond motifs is 1. The van der Waals surface area contributed by atoms with E-state index in [9.17, 15) is 17.6 Å². The largest absolute Gasteiger partial charge is 0.391 e. The van der Waals surface area contributed by atoms with Gasteiger partial charge in [0.2, 0.25) is 0 Å². The molecule has 1 heterocycles. The van der Waals surface area contributed by atoms with Gasteiger partial charge in [0.1, 0.15) is 11.6 Å². The van der Waals surface area contributed by atoms with Crippen molar-refractivity contribution in [1.29, 1.82) is 0 Å². The fraction of sp³-hybridized carbons (Fsp3) is 0.462. The molecule has 1 aromatic heterocycles. The number of benzene rings is 1. The van der Waals surface area contributed by atoms with E-state index in [-0.39, 0.29) is 5.88 Å². The molecule has 2 nitrogen and oxygen atoms in total. The molecular formula is C13H13ClF4N2. The summed E-state index contributed by atoms with van der Waals surface area (Å²) in [5.74, 6) is 0.213. The first-order valence-electron chi connectivity index (χ1n) is 6.11. The molecule has 1 unspecified atom stereocenters. The number of imidazole rings is 1. The van der Waals surface area contributed by atoms with Crippen LogP contribution in [0.4, 0.5) is 17.6 Å². The molecule has 0 radical (unpaired) electrons. The predicted molar refractivity (Wildman–Crippen MR) is 69.5 cm³/mol. The van der Waals surface area contributed by atoms with E-state index < -0.39 is 24.5 Å². The normalized spacial score (nSPS) is 13.9. The van der Waals surface area contributed by atoms with E-state index in [4.69, 9.17) is 11.6 Å². The number of nitrogens with zero attached hydrogens (tertiary/aromatic N) is 2. The Labute approximate surface area is 118 Å². The molecule has 7 heteroatoms. The molecule has 0 bridgehead atoms. The van der Waals surface area contributed by atoms with Crippen LogP contribution in [-0.4, -0.2) is 21.6 Å². The monoisotopic (exact) mass is 308 g/mol. The lowest BCUT2D eigenvalue weighted by molar-refractivity contribution is -0.141. The highest BCUT2D eigenvalue weighted by molar-refractivity contribution is 6.17. The lowest BCUT2D eigenvalue weighted by Gasteiger charge is -2.19. The van der Waals surface area contributed by atoms with Crippen LogP contribution >= 0.6 is 11.6 Å². The summed E-state index contributed by atoms with van der Waals surface area (Å²) in [6, 6.07) is 3.06.